The number of carbonyl (C=O) groups is 2. The minimum atomic E-state index is -1.08. The molecule has 5 nitrogen and oxygen atoms in total. The highest BCUT2D eigenvalue weighted by molar-refractivity contribution is 6.31. The molecule has 19 heavy (non-hydrogen) atoms. The number of halogens is 1. The molecule has 0 radical (unpaired) electrons. The van der Waals surface area contributed by atoms with Gasteiger partial charge in [0, 0.05) is 10.6 Å². The highest BCUT2D eigenvalue weighted by atomic mass is 35.5. The van der Waals surface area contributed by atoms with Crippen LogP contribution in [0.15, 0.2) is 18.2 Å². The highest BCUT2D eigenvalue weighted by Gasteiger charge is 2.51. The molecule has 2 rings (SSSR count). The molecular weight excluding hydrogens is 270 g/mol. The molecule has 0 aliphatic heterocycles. The van der Waals surface area contributed by atoms with Crippen LogP contribution in [0.3, 0.4) is 0 Å². The minimum absolute atomic E-state index is 0.00211. The maximum absolute atomic E-state index is 11.9. The van der Waals surface area contributed by atoms with E-state index < -0.39 is 11.5 Å². The molecule has 1 amide bonds. The lowest BCUT2D eigenvalue weighted by Crippen LogP contribution is -2.43. The summed E-state index contributed by atoms with van der Waals surface area (Å²) in [7, 11) is 1.49. The van der Waals surface area contributed by atoms with Crippen LogP contribution in [-0.2, 0) is 16.0 Å². The lowest BCUT2D eigenvalue weighted by Gasteiger charge is -2.14. The number of aliphatic carboxylic acids is 1. The number of methoxy groups -OCH3 is 1. The zero-order valence-corrected chi connectivity index (χ0v) is 11.2. The molecule has 1 aromatic carbocycles. The van der Waals surface area contributed by atoms with Crippen molar-refractivity contribution in [3.8, 4) is 5.75 Å². The van der Waals surface area contributed by atoms with Crippen molar-refractivity contribution in [3.05, 3.63) is 28.8 Å². The van der Waals surface area contributed by atoms with E-state index in [4.69, 9.17) is 21.4 Å². The Balaban J connectivity index is 2.10. The number of carboxylic acids is 1. The van der Waals surface area contributed by atoms with E-state index in [1.165, 1.54) is 7.11 Å². The molecule has 0 atom stereocenters. The molecule has 0 bridgehead atoms. The molecule has 1 fully saturated rings. The smallest absolute Gasteiger partial charge is 0.329 e. The third-order valence-electron chi connectivity index (χ3n) is 3.17. The zero-order chi connectivity index (χ0) is 14.0. The average Bonchev–Trinajstić information content (AvgIpc) is 3.12. The molecule has 0 heterocycles. The second-order valence-corrected chi connectivity index (χ2v) is 4.94. The highest BCUT2D eigenvalue weighted by Crippen LogP contribution is 2.36. The van der Waals surface area contributed by atoms with E-state index >= 15 is 0 Å². The number of carbonyl (C=O) groups excluding carboxylic acids is 1. The number of benzene rings is 1. The number of hydrogen-bond acceptors (Lipinski definition) is 3. The van der Waals surface area contributed by atoms with Gasteiger partial charge in [0.25, 0.3) is 0 Å². The SMILES string of the molecule is COc1cccc(Cl)c1CC(=O)NC1(C(=O)O)CC1. The quantitative estimate of drug-likeness (QED) is 0.861. The summed E-state index contributed by atoms with van der Waals surface area (Å²) in [5, 5.41) is 12.0. The molecule has 1 aromatic rings. The van der Waals surface area contributed by atoms with E-state index in [1.807, 2.05) is 0 Å². The second kappa shape index (κ2) is 5.09. The first-order chi connectivity index (χ1) is 8.98. The van der Waals surface area contributed by atoms with Crippen molar-refractivity contribution < 1.29 is 19.4 Å². The Labute approximate surface area is 115 Å². The molecule has 0 saturated heterocycles. The Morgan fingerprint density at radius 2 is 2.16 bits per heavy atom. The maximum Gasteiger partial charge on any atom is 0.329 e. The molecule has 6 heteroatoms. The number of hydrogen-bond donors (Lipinski definition) is 2. The van der Waals surface area contributed by atoms with Gasteiger partial charge in [-0.1, -0.05) is 17.7 Å². The first-order valence-electron chi connectivity index (χ1n) is 5.84. The zero-order valence-electron chi connectivity index (χ0n) is 10.4. The summed E-state index contributed by atoms with van der Waals surface area (Å²) in [6.07, 6.45) is 0.930. The fraction of sp³-hybridized carbons (Fsp3) is 0.385. The third kappa shape index (κ3) is 2.81. The number of rotatable bonds is 5. The third-order valence-corrected chi connectivity index (χ3v) is 3.53. The Hall–Kier alpha value is -1.75. The van der Waals surface area contributed by atoms with Crippen LogP contribution >= 0.6 is 11.6 Å². The number of nitrogens with one attached hydrogen (secondary N) is 1. The first kappa shape index (κ1) is 13.7. The minimum Gasteiger partial charge on any atom is -0.496 e. The van der Waals surface area contributed by atoms with Gasteiger partial charge in [-0.15, -0.1) is 0 Å². The lowest BCUT2D eigenvalue weighted by molar-refractivity contribution is -0.143. The van der Waals surface area contributed by atoms with E-state index in [9.17, 15) is 9.59 Å². The van der Waals surface area contributed by atoms with Gasteiger partial charge in [-0.3, -0.25) is 4.79 Å². The largest absolute Gasteiger partial charge is 0.496 e. The van der Waals surface area contributed by atoms with E-state index in [2.05, 4.69) is 5.32 Å². The maximum atomic E-state index is 11.9. The van der Waals surface area contributed by atoms with E-state index in [0.29, 0.717) is 29.2 Å². The molecule has 1 aliphatic carbocycles. The summed E-state index contributed by atoms with van der Waals surface area (Å²) in [5.41, 5.74) is -0.517. The van der Waals surface area contributed by atoms with Crippen LogP contribution in [0.2, 0.25) is 5.02 Å². The van der Waals surface area contributed by atoms with Crippen molar-refractivity contribution in [1.82, 2.24) is 5.32 Å². The van der Waals surface area contributed by atoms with Gasteiger partial charge in [-0.25, -0.2) is 4.79 Å². The Morgan fingerprint density at radius 1 is 1.47 bits per heavy atom. The molecule has 1 aliphatic rings. The fourth-order valence-corrected chi connectivity index (χ4v) is 2.12. The van der Waals surface area contributed by atoms with Crippen molar-refractivity contribution >= 4 is 23.5 Å². The van der Waals surface area contributed by atoms with Crippen molar-refractivity contribution in [3.63, 3.8) is 0 Å². The molecule has 0 spiro atoms. The van der Waals surface area contributed by atoms with Gasteiger partial charge in [0.05, 0.1) is 13.5 Å². The summed E-state index contributed by atoms with van der Waals surface area (Å²) in [4.78, 5) is 22.9. The molecule has 102 valence electrons. The first-order valence-corrected chi connectivity index (χ1v) is 6.22. The summed E-state index contributed by atoms with van der Waals surface area (Å²) < 4.78 is 5.14. The van der Waals surface area contributed by atoms with Gasteiger partial charge in [-0.05, 0) is 25.0 Å². The van der Waals surface area contributed by atoms with Crippen LogP contribution in [0.1, 0.15) is 18.4 Å². The van der Waals surface area contributed by atoms with Crippen molar-refractivity contribution in [2.24, 2.45) is 0 Å². The summed E-state index contributed by atoms with van der Waals surface area (Å²) in [6.45, 7) is 0. The van der Waals surface area contributed by atoms with E-state index in [0.717, 1.165) is 0 Å². The van der Waals surface area contributed by atoms with Crippen LogP contribution in [-0.4, -0.2) is 29.6 Å². The van der Waals surface area contributed by atoms with Gasteiger partial charge in [0.1, 0.15) is 11.3 Å². The summed E-state index contributed by atoms with van der Waals surface area (Å²) >= 11 is 6.03. The number of amides is 1. The Bertz CT molecular complexity index is 525. The second-order valence-electron chi connectivity index (χ2n) is 4.53. The predicted octanol–water partition coefficient (Wildman–Crippen LogP) is 1.62. The topological polar surface area (TPSA) is 75.6 Å². The monoisotopic (exact) mass is 283 g/mol. The van der Waals surface area contributed by atoms with Gasteiger partial charge in [0.2, 0.25) is 5.91 Å². The molecule has 0 aromatic heterocycles. The van der Waals surface area contributed by atoms with Crippen molar-refractivity contribution in [2.45, 2.75) is 24.8 Å². The summed E-state index contributed by atoms with van der Waals surface area (Å²) in [6, 6.07) is 5.09. The van der Waals surface area contributed by atoms with Gasteiger partial charge < -0.3 is 15.2 Å². The van der Waals surface area contributed by atoms with E-state index in [-0.39, 0.29) is 12.3 Å². The van der Waals surface area contributed by atoms with Crippen molar-refractivity contribution in [1.29, 1.82) is 0 Å². The number of ether oxygens (including phenoxy) is 1. The lowest BCUT2D eigenvalue weighted by atomic mass is 10.1. The normalized spacial score (nSPS) is 15.7. The van der Waals surface area contributed by atoms with Gasteiger partial charge in [-0.2, -0.15) is 0 Å². The van der Waals surface area contributed by atoms with Crippen LogP contribution in [0, 0.1) is 0 Å². The molecular formula is C13H14ClNO4. The Kier molecular flexibility index (Phi) is 3.66. The van der Waals surface area contributed by atoms with Crippen LogP contribution < -0.4 is 10.1 Å². The van der Waals surface area contributed by atoms with Crippen LogP contribution in [0.4, 0.5) is 0 Å². The summed E-state index contributed by atoms with van der Waals surface area (Å²) in [5.74, 6) is -0.846. The predicted molar refractivity (Wildman–Crippen MR) is 69.5 cm³/mol. The van der Waals surface area contributed by atoms with Crippen LogP contribution in [0.5, 0.6) is 5.75 Å². The standard InChI is InChI=1S/C13H14ClNO4/c1-19-10-4-2-3-9(14)8(10)7-11(16)15-13(5-6-13)12(17)18/h2-4H,5-7H2,1H3,(H,15,16)(H,17,18). The van der Waals surface area contributed by atoms with Gasteiger partial charge >= 0.3 is 5.97 Å². The number of carboxylic acid groups (broad SMARTS) is 1. The Morgan fingerprint density at radius 3 is 2.68 bits per heavy atom. The van der Waals surface area contributed by atoms with Crippen molar-refractivity contribution in [2.75, 3.05) is 7.11 Å². The average molecular weight is 284 g/mol. The van der Waals surface area contributed by atoms with Gasteiger partial charge in [0.15, 0.2) is 0 Å². The fourth-order valence-electron chi connectivity index (χ4n) is 1.89. The van der Waals surface area contributed by atoms with Crippen LogP contribution in [0.25, 0.3) is 0 Å². The van der Waals surface area contributed by atoms with E-state index in [1.54, 1.807) is 18.2 Å². The molecule has 1 saturated carbocycles. The molecule has 0 unspecified atom stereocenters. The molecule has 2 N–H and O–H groups in total.